The predicted molar refractivity (Wildman–Crippen MR) is 88.3 cm³/mol. The average molecular weight is 317 g/mol. The van der Waals surface area contributed by atoms with Gasteiger partial charge in [0, 0.05) is 30.2 Å². The second kappa shape index (κ2) is 7.26. The zero-order valence-corrected chi connectivity index (χ0v) is 13.7. The van der Waals surface area contributed by atoms with E-state index in [4.69, 9.17) is 0 Å². The van der Waals surface area contributed by atoms with E-state index in [0.717, 1.165) is 11.7 Å². The van der Waals surface area contributed by atoms with Crippen LogP contribution >= 0.6 is 11.8 Å². The van der Waals surface area contributed by atoms with Gasteiger partial charge in [-0.25, -0.2) is 4.98 Å². The van der Waals surface area contributed by atoms with Gasteiger partial charge in [-0.3, -0.25) is 9.59 Å². The summed E-state index contributed by atoms with van der Waals surface area (Å²) >= 11 is 1.42. The second-order valence-electron chi connectivity index (χ2n) is 4.88. The number of rotatable bonds is 6. The Morgan fingerprint density at radius 1 is 1.32 bits per heavy atom. The van der Waals surface area contributed by atoms with Gasteiger partial charge in [0.05, 0.1) is 5.25 Å². The Labute approximate surface area is 134 Å². The van der Waals surface area contributed by atoms with Gasteiger partial charge in [-0.1, -0.05) is 11.8 Å². The second-order valence-corrected chi connectivity index (χ2v) is 6.19. The first-order chi connectivity index (χ1) is 10.5. The number of amides is 1. The Bertz CT molecular complexity index is 664. The van der Waals surface area contributed by atoms with E-state index in [1.807, 2.05) is 24.6 Å². The van der Waals surface area contributed by atoms with Crippen LogP contribution < -0.4 is 5.32 Å². The van der Waals surface area contributed by atoms with Crippen LogP contribution in [0.3, 0.4) is 0 Å². The van der Waals surface area contributed by atoms with E-state index in [1.54, 1.807) is 30.5 Å². The zero-order valence-electron chi connectivity index (χ0n) is 12.9. The van der Waals surface area contributed by atoms with E-state index in [9.17, 15) is 9.59 Å². The molecule has 0 aliphatic heterocycles. The fourth-order valence-corrected chi connectivity index (χ4v) is 2.83. The predicted octanol–water partition coefficient (Wildman–Crippen LogP) is 3.22. The minimum atomic E-state index is -0.264. The van der Waals surface area contributed by atoms with Crippen LogP contribution in [0.1, 0.15) is 31.1 Å². The summed E-state index contributed by atoms with van der Waals surface area (Å²) in [5.41, 5.74) is 1.31. The highest BCUT2D eigenvalue weighted by molar-refractivity contribution is 8.00. The van der Waals surface area contributed by atoms with Crippen LogP contribution in [-0.4, -0.2) is 26.5 Å². The summed E-state index contributed by atoms with van der Waals surface area (Å²) in [6, 6.07) is 6.89. The van der Waals surface area contributed by atoms with E-state index >= 15 is 0 Å². The van der Waals surface area contributed by atoms with Gasteiger partial charge >= 0.3 is 0 Å². The molecule has 0 saturated carbocycles. The van der Waals surface area contributed by atoms with E-state index in [2.05, 4.69) is 10.3 Å². The Hall–Kier alpha value is -2.08. The number of anilines is 1. The van der Waals surface area contributed by atoms with Gasteiger partial charge in [0.15, 0.2) is 10.9 Å². The Kier molecular flexibility index (Phi) is 5.38. The third kappa shape index (κ3) is 3.98. The van der Waals surface area contributed by atoms with Crippen molar-refractivity contribution in [2.24, 2.45) is 0 Å². The molecule has 1 atom stereocenters. The minimum absolute atomic E-state index is 0.00759. The van der Waals surface area contributed by atoms with Gasteiger partial charge in [0.25, 0.3) is 0 Å². The number of ketones is 1. The summed E-state index contributed by atoms with van der Waals surface area (Å²) < 4.78 is 2.00. The molecule has 1 amide bonds. The molecule has 1 aromatic carbocycles. The van der Waals surface area contributed by atoms with Crippen LogP contribution in [0.25, 0.3) is 0 Å². The van der Waals surface area contributed by atoms with E-state index in [0.29, 0.717) is 11.3 Å². The summed E-state index contributed by atoms with van der Waals surface area (Å²) in [4.78, 5) is 27.7. The van der Waals surface area contributed by atoms with Crippen LogP contribution in [0.2, 0.25) is 0 Å². The molecule has 0 aliphatic rings. The standard InChI is InChI=1S/C16H19N3O2S/c1-4-19-10-9-17-16(19)22-12(3)15(21)18-14-7-5-13(6-8-14)11(2)20/h5-10,12H,4H2,1-3H3,(H,18,21). The van der Waals surface area contributed by atoms with Crippen molar-refractivity contribution in [2.75, 3.05) is 5.32 Å². The lowest BCUT2D eigenvalue weighted by atomic mass is 10.1. The largest absolute Gasteiger partial charge is 0.326 e. The van der Waals surface area contributed by atoms with Crippen molar-refractivity contribution in [2.45, 2.75) is 37.7 Å². The molecule has 0 saturated heterocycles. The quantitative estimate of drug-likeness (QED) is 0.656. The Balaban J connectivity index is 1.97. The van der Waals surface area contributed by atoms with Crippen molar-refractivity contribution in [3.05, 3.63) is 42.2 Å². The molecule has 1 aromatic heterocycles. The number of nitrogens with one attached hydrogen (secondary N) is 1. The van der Waals surface area contributed by atoms with Crippen LogP contribution in [0.5, 0.6) is 0 Å². The molecule has 0 radical (unpaired) electrons. The fraction of sp³-hybridized carbons (Fsp3) is 0.312. The minimum Gasteiger partial charge on any atom is -0.326 e. The SMILES string of the molecule is CCn1ccnc1SC(C)C(=O)Nc1ccc(C(C)=O)cc1. The normalized spacial score (nSPS) is 12.0. The number of carbonyl (C=O) groups excluding carboxylic acids is 2. The van der Waals surface area contributed by atoms with Crippen molar-refractivity contribution >= 4 is 29.1 Å². The fourth-order valence-electron chi connectivity index (χ4n) is 1.90. The van der Waals surface area contributed by atoms with Crippen molar-refractivity contribution in [1.82, 2.24) is 9.55 Å². The molecule has 2 rings (SSSR count). The molecule has 0 bridgehead atoms. The number of hydrogen-bond acceptors (Lipinski definition) is 4. The van der Waals surface area contributed by atoms with Crippen molar-refractivity contribution < 1.29 is 9.59 Å². The monoisotopic (exact) mass is 317 g/mol. The number of benzene rings is 1. The smallest absolute Gasteiger partial charge is 0.237 e. The highest BCUT2D eigenvalue weighted by Gasteiger charge is 2.17. The first-order valence-corrected chi connectivity index (χ1v) is 7.99. The maximum Gasteiger partial charge on any atom is 0.237 e. The Morgan fingerprint density at radius 2 is 2.00 bits per heavy atom. The van der Waals surface area contributed by atoms with Gasteiger partial charge in [-0.2, -0.15) is 0 Å². The summed E-state index contributed by atoms with van der Waals surface area (Å²) in [6.07, 6.45) is 3.63. The number of Topliss-reactive ketones (excluding diaryl/α,β-unsaturated/α-hetero) is 1. The van der Waals surface area contributed by atoms with Crippen molar-refractivity contribution in [1.29, 1.82) is 0 Å². The number of imidazole rings is 1. The van der Waals surface area contributed by atoms with Crippen LogP contribution in [0.4, 0.5) is 5.69 Å². The molecule has 1 unspecified atom stereocenters. The molecule has 0 spiro atoms. The average Bonchev–Trinajstić information content (AvgIpc) is 2.94. The summed E-state index contributed by atoms with van der Waals surface area (Å²) in [6.45, 7) is 6.22. The number of carbonyl (C=O) groups is 2. The summed E-state index contributed by atoms with van der Waals surface area (Å²) in [5.74, 6) is -0.0839. The molecule has 1 heterocycles. The first kappa shape index (κ1) is 16.3. The third-order valence-electron chi connectivity index (χ3n) is 3.23. The number of hydrogen-bond donors (Lipinski definition) is 1. The Morgan fingerprint density at radius 3 is 2.59 bits per heavy atom. The number of aryl methyl sites for hydroxylation is 1. The molecule has 1 N–H and O–H groups in total. The van der Waals surface area contributed by atoms with Gasteiger partial charge < -0.3 is 9.88 Å². The molecule has 6 heteroatoms. The van der Waals surface area contributed by atoms with E-state index in [1.165, 1.54) is 18.7 Å². The van der Waals surface area contributed by atoms with Gasteiger partial charge in [-0.05, 0) is 45.0 Å². The molecule has 0 fully saturated rings. The maximum absolute atomic E-state index is 12.2. The van der Waals surface area contributed by atoms with Gasteiger partial charge in [0.2, 0.25) is 5.91 Å². The molecule has 0 aliphatic carbocycles. The maximum atomic E-state index is 12.2. The lowest BCUT2D eigenvalue weighted by Crippen LogP contribution is -2.22. The lowest BCUT2D eigenvalue weighted by Gasteiger charge is -2.12. The van der Waals surface area contributed by atoms with Crippen molar-refractivity contribution in [3.63, 3.8) is 0 Å². The number of nitrogens with zero attached hydrogens (tertiary/aromatic N) is 2. The van der Waals surface area contributed by atoms with E-state index in [-0.39, 0.29) is 16.9 Å². The first-order valence-electron chi connectivity index (χ1n) is 7.11. The molecular weight excluding hydrogens is 298 g/mol. The molecular formula is C16H19N3O2S. The molecule has 116 valence electrons. The molecule has 22 heavy (non-hydrogen) atoms. The summed E-state index contributed by atoms with van der Waals surface area (Å²) in [5, 5.41) is 3.42. The van der Waals surface area contributed by atoms with E-state index < -0.39 is 0 Å². The topological polar surface area (TPSA) is 64.0 Å². The van der Waals surface area contributed by atoms with Crippen LogP contribution in [0, 0.1) is 0 Å². The number of thioether (sulfide) groups is 1. The number of aromatic nitrogens is 2. The van der Waals surface area contributed by atoms with Crippen molar-refractivity contribution in [3.8, 4) is 0 Å². The lowest BCUT2D eigenvalue weighted by molar-refractivity contribution is -0.115. The van der Waals surface area contributed by atoms with Crippen LogP contribution in [0.15, 0.2) is 41.8 Å². The highest BCUT2D eigenvalue weighted by Crippen LogP contribution is 2.22. The van der Waals surface area contributed by atoms with Gasteiger partial charge in [-0.15, -0.1) is 0 Å². The highest BCUT2D eigenvalue weighted by atomic mass is 32.2. The van der Waals surface area contributed by atoms with Crippen LogP contribution in [-0.2, 0) is 11.3 Å². The zero-order chi connectivity index (χ0) is 16.1. The third-order valence-corrected chi connectivity index (χ3v) is 4.35. The summed E-state index contributed by atoms with van der Waals surface area (Å²) in [7, 11) is 0. The van der Waals surface area contributed by atoms with Gasteiger partial charge in [0.1, 0.15) is 0 Å². The molecule has 2 aromatic rings. The molecule has 5 nitrogen and oxygen atoms in total.